The molecule has 1 rings (SSSR count). The maximum absolute atomic E-state index is 11.5. The normalized spacial score (nSPS) is 9.62. The second-order valence-electron chi connectivity index (χ2n) is 3.24. The van der Waals surface area contributed by atoms with E-state index >= 15 is 0 Å². The fraction of sp³-hybridized carbons (Fsp3) is 0.273. The lowest BCUT2D eigenvalue weighted by atomic mass is 10.1. The quantitative estimate of drug-likeness (QED) is 0.608. The number of hydrogen-bond acceptors (Lipinski definition) is 5. The number of benzene rings is 1. The number of nitrogen functional groups attached to an aromatic ring is 1. The Morgan fingerprint density at radius 1 is 1.38 bits per heavy atom. The Morgan fingerprint density at radius 3 is 2.69 bits per heavy atom. The molecule has 5 nitrogen and oxygen atoms in total. The van der Waals surface area contributed by atoms with Crippen molar-refractivity contribution in [1.82, 2.24) is 0 Å². The van der Waals surface area contributed by atoms with Gasteiger partial charge in [-0.2, -0.15) is 0 Å². The molecule has 1 aromatic carbocycles. The number of carbonyl (C=O) groups excluding carboxylic acids is 2. The Hall–Kier alpha value is -2.04. The molecule has 5 heteroatoms. The van der Waals surface area contributed by atoms with Gasteiger partial charge in [-0.3, -0.25) is 0 Å². The molecule has 0 fully saturated rings. The Morgan fingerprint density at radius 2 is 2.06 bits per heavy atom. The predicted molar refractivity (Wildman–Crippen MR) is 57.9 cm³/mol. The average molecular weight is 223 g/mol. The smallest absolute Gasteiger partial charge is 0.344 e. The first-order valence-electron chi connectivity index (χ1n) is 4.64. The van der Waals surface area contributed by atoms with Crippen molar-refractivity contribution in [2.24, 2.45) is 0 Å². The lowest BCUT2D eigenvalue weighted by Gasteiger charge is -2.06. The van der Waals surface area contributed by atoms with Gasteiger partial charge >= 0.3 is 11.9 Å². The summed E-state index contributed by atoms with van der Waals surface area (Å²) in [6.07, 6.45) is 0. The minimum atomic E-state index is -0.633. The molecule has 0 saturated carbocycles. The molecule has 0 saturated heterocycles. The molecule has 0 unspecified atom stereocenters. The van der Waals surface area contributed by atoms with Crippen molar-refractivity contribution in [3.63, 3.8) is 0 Å². The van der Waals surface area contributed by atoms with Crippen molar-refractivity contribution < 1.29 is 19.1 Å². The van der Waals surface area contributed by atoms with Gasteiger partial charge in [-0.05, 0) is 19.1 Å². The summed E-state index contributed by atoms with van der Waals surface area (Å²) in [5.74, 6) is -1.24. The molecule has 2 N–H and O–H groups in total. The molecule has 0 bridgehead atoms. The molecule has 0 atom stereocenters. The fourth-order valence-electron chi connectivity index (χ4n) is 1.11. The zero-order valence-corrected chi connectivity index (χ0v) is 9.15. The summed E-state index contributed by atoms with van der Waals surface area (Å²) >= 11 is 0. The SMILES string of the molecule is COC(=O)COC(=O)c1cc(C)ccc1N. The van der Waals surface area contributed by atoms with Crippen LogP contribution in [0.5, 0.6) is 0 Å². The monoisotopic (exact) mass is 223 g/mol. The molecule has 0 aromatic heterocycles. The molecule has 0 radical (unpaired) electrons. The highest BCUT2D eigenvalue weighted by atomic mass is 16.6. The third kappa shape index (κ3) is 2.98. The molecule has 0 heterocycles. The van der Waals surface area contributed by atoms with Crippen LogP contribution in [0, 0.1) is 6.92 Å². The van der Waals surface area contributed by atoms with Gasteiger partial charge in [-0.15, -0.1) is 0 Å². The minimum absolute atomic E-state index is 0.254. The van der Waals surface area contributed by atoms with E-state index in [2.05, 4.69) is 4.74 Å². The van der Waals surface area contributed by atoms with E-state index in [0.29, 0.717) is 5.69 Å². The van der Waals surface area contributed by atoms with Gasteiger partial charge < -0.3 is 15.2 Å². The molecule has 0 aliphatic rings. The van der Waals surface area contributed by atoms with Crippen molar-refractivity contribution in [2.45, 2.75) is 6.92 Å². The van der Waals surface area contributed by atoms with Crippen molar-refractivity contribution in [2.75, 3.05) is 19.5 Å². The highest BCUT2D eigenvalue weighted by molar-refractivity contribution is 5.96. The van der Waals surface area contributed by atoms with E-state index in [4.69, 9.17) is 10.5 Å². The van der Waals surface area contributed by atoms with Crippen molar-refractivity contribution in [3.05, 3.63) is 29.3 Å². The van der Waals surface area contributed by atoms with Gasteiger partial charge in [0.25, 0.3) is 0 Å². The third-order valence-corrected chi connectivity index (χ3v) is 1.98. The topological polar surface area (TPSA) is 78.6 Å². The minimum Gasteiger partial charge on any atom is -0.466 e. The van der Waals surface area contributed by atoms with E-state index in [1.54, 1.807) is 18.2 Å². The molecule has 0 aliphatic heterocycles. The molecule has 0 aliphatic carbocycles. The van der Waals surface area contributed by atoms with Gasteiger partial charge in [0.15, 0.2) is 6.61 Å². The number of ether oxygens (including phenoxy) is 2. The largest absolute Gasteiger partial charge is 0.466 e. The van der Waals surface area contributed by atoms with Crippen LogP contribution in [-0.2, 0) is 14.3 Å². The number of nitrogens with two attached hydrogens (primary N) is 1. The van der Waals surface area contributed by atoms with Crippen LogP contribution in [0.1, 0.15) is 15.9 Å². The first-order chi connectivity index (χ1) is 7.54. The van der Waals surface area contributed by atoms with Crippen molar-refractivity contribution in [3.8, 4) is 0 Å². The molecule has 0 spiro atoms. The first-order valence-corrected chi connectivity index (χ1v) is 4.64. The van der Waals surface area contributed by atoms with E-state index in [1.807, 2.05) is 6.92 Å². The van der Waals surface area contributed by atoms with Crippen LogP contribution in [0.3, 0.4) is 0 Å². The van der Waals surface area contributed by atoms with Gasteiger partial charge in [-0.1, -0.05) is 11.6 Å². The van der Waals surface area contributed by atoms with Crippen LogP contribution in [0.25, 0.3) is 0 Å². The number of methoxy groups -OCH3 is 1. The van der Waals surface area contributed by atoms with E-state index in [1.165, 1.54) is 7.11 Å². The van der Waals surface area contributed by atoms with Crippen LogP contribution < -0.4 is 5.73 Å². The van der Waals surface area contributed by atoms with Gasteiger partial charge in [0.2, 0.25) is 0 Å². The van der Waals surface area contributed by atoms with Crippen LogP contribution in [0.4, 0.5) is 5.69 Å². The Labute approximate surface area is 93.1 Å². The third-order valence-electron chi connectivity index (χ3n) is 1.98. The Balaban J connectivity index is 2.73. The average Bonchev–Trinajstić information content (AvgIpc) is 2.28. The summed E-state index contributed by atoms with van der Waals surface area (Å²) in [5, 5.41) is 0. The van der Waals surface area contributed by atoms with E-state index < -0.39 is 18.5 Å². The summed E-state index contributed by atoms with van der Waals surface area (Å²) in [7, 11) is 1.22. The summed E-state index contributed by atoms with van der Waals surface area (Å²) < 4.78 is 9.07. The van der Waals surface area contributed by atoms with Gasteiger partial charge in [0.1, 0.15) is 0 Å². The maximum Gasteiger partial charge on any atom is 0.344 e. The van der Waals surface area contributed by atoms with E-state index in [0.717, 1.165) is 5.56 Å². The predicted octanol–water partition coefficient (Wildman–Crippen LogP) is 0.907. The number of hydrogen-bond donors (Lipinski definition) is 1. The summed E-state index contributed by atoms with van der Waals surface area (Å²) in [5.41, 5.74) is 7.07. The molecular formula is C11H13NO4. The first kappa shape index (κ1) is 12.0. The number of rotatable bonds is 3. The van der Waals surface area contributed by atoms with Crippen LogP contribution in [0.2, 0.25) is 0 Å². The highest BCUT2D eigenvalue weighted by Gasteiger charge is 2.13. The fourth-order valence-corrected chi connectivity index (χ4v) is 1.11. The highest BCUT2D eigenvalue weighted by Crippen LogP contribution is 2.14. The number of anilines is 1. The lowest BCUT2D eigenvalue weighted by Crippen LogP contribution is -2.16. The second-order valence-corrected chi connectivity index (χ2v) is 3.24. The summed E-state index contributed by atoms with van der Waals surface area (Å²) in [6, 6.07) is 5.01. The number of aryl methyl sites for hydroxylation is 1. The van der Waals surface area contributed by atoms with Crippen LogP contribution in [-0.4, -0.2) is 25.7 Å². The number of carbonyl (C=O) groups is 2. The van der Waals surface area contributed by atoms with Gasteiger partial charge in [0, 0.05) is 5.69 Å². The molecule has 86 valence electrons. The summed E-state index contributed by atoms with van der Waals surface area (Å²) in [6.45, 7) is 1.42. The second kappa shape index (κ2) is 5.16. The van der Waals surface area contributed by atoms with E-state index in [9.17, 15) is 9.59 Å². The maximum atomic E-state index is 11.5. The number of esters is 2. The standard InChI is InChI=1S/C11H13NO4/c1-7-3-4-9(12)8(5-7)11(14)16-6-10(13)15-2/h3-5H,6,12H2,1-2H3. The van der Waals surface area contributed by atoms with Gasteiger partial charge in [-0.25, -0.2) is 9.59 Å². The van der Waals surface area contributed by atoms with Gasteiger partial charge in [0.05, 0.1) is 12.7 Å². The molecule has 0 amide bonds. The Kier molecular flexibility index (Phi) is 3.88. The molecule has 16 heavy (non-hydrogen) atoms. The van der Waals surface area contributed by atoms with Crippen LogP contribution >= 0.6 is 0 Å². The van der Waals surface area contributed by atoms with Crippen molar-refractivity contribution in [1.29, 1.82) is 0 Å². The summed E-state index contributed by atoms with van der Waals surface area (Å²) in [4.78, 5) is 22.3. The lowest BCUT2D eigenvalue weighted by molar-refractivity contribution is -0.144. The zero-order chi connectivity index (χ0) is 12.1. The van der Waals surface area contributed by atoms with E-state index in [-0.39, 0.29) is 5.56 Å². The van der Waals surface area contributed by atoms with Crippen LogP contribution in [0.15, 0.2) is 18.2 Å². The van der Waals surface area contributed by atoms with Crippen molar-refractivity contribution >= 4 is 17.6 Å². The molecule has 1 aromatic rings. The molecular weight excluding hydrogens is 210 g/mol. The Bertz CT molecular complexity index is 414. The zero-order valence-electron chi connectivity index (χ0n) is 9.15.